The summed E-state index contributed by atoms with van der Waals surface area (Å²) in [6.07, 6.45) is 0. The molecule has 0 bridgehead atoms. The highest BCUT2D eigenvalue weighted by Gasteiger charge is 2.10. The Kier molecular flexibility index (Phi) is 3.93. The minimum Gasteiger partial charge on any atom is -0.456 e. The normalized spacial score (nSPS) is 10.4. The number of halogens is 3. The van der Waals surface area contributed by atoms with E-state index in [9.17, 15) is 8.78 Å². The highest BCUT2D eigenvalue weighted by molar-refractivity contribution is 9.10. The second-order valence-electron chi connectivity index (χ2n) is 3.60. The number of rotatable bonds is 3. The second-order valence-corrected chi connectivity index (χ2v) is 4.45. The zero-order valence-electron chi connectivity index (χ0n) is 9.29. The van der Waals surface area contributed by atoms with E-state index in [-0.39, 0.29) is 17.9 Å². The summed E-state index contributed by atoms with van der Waals surface area (Å²) in [5, 5.41) is 0. The van der Waals surface area contributed by atoms with Crippen LogP contribution < -0.4 is 10.5 Å². The summed E-state index contributed by atoms with van der Waals surface area (Å²) in [4.78, 5) is 0. The number of hydrogen-bond donors (Lipinski definition) is 1. The van der Waals surface area contributed by atoms with Gasteiger partial charge in [0.25, 0.3) is 0 Å². The highest BCUT2D eigenvalue weighted by atomic mass is 79.9. The Hall–Kier alpha value is -1.46. The topological polar surface area (TPSA) is 35.2 Å². The molecule has 0 saturated heterocycles. The van der Waals surface area contributed by atoms with Gasteiger partial charge in [-0.1, -0.05) is 6.07 Å². The van der Waals surface area contributed by atoms with E-state index in [1.165, 1.54) is 30.3 Å². The first-order valence-electron chi connectivity index (χ1n) is 5.22. The van der Waals surface area contributed by atoms with E-state index in [1.807, 2.05) is 0 Å². The fraction of sp³-hybridized carbons (Fsp3) is 0.0769. The van der Waals surface area contributed by atoms with Crippen molar-refractivity contribution in [2.24, 2.45) is 5.73 Å². The Morgan fingerprint density at radius 2 is 1.89 bits per heavy atom. The van der Waals surface area contributed by atoms with Crippen molar-refractivity contribution in [3.8, 4) is 11.5 Å². The summed E-state index contributed by atoms with van der Waals surface area (Å²) in [6, 6.07) is 8.46. The van der Waals surface area contributed by atoms with Crippen molar-refractivity contribution in [1.29, 1.82) is 0 Å². The van der Waals surface area contributed by atoms with E-state index < -0.39 is 5.82 Å². The van der Waals surface area contributed by atoms with Crippen molar-refractivity contribution in [2.75, 3.05) is 0 Å². The van der Waals surface area contributed by atoms with Crippen LogP contribution in [0.1, 0.15) is 5.56 Å². The standard InChI is InChI=1S/C13H10BrF2NO/c14-10-6-8(15)4-5-13(10)18-12-3-1-2-11(16)9(12)7-17/h1-6H,7,17H2. The maximum Gasteiger partial charge on any atom is 0.141 e. The summed E-state index contributed by atoms with van der Waals surface area (Å²) >= 11 is 3.18. The average Bonchev–Trinajstić information content (AvgIpc) is 2.33. The molecule has 2 N–H and O–H groups in total. The van der Waals surface area contributed by atoms with Crippen molar-refractivity contribution in [3.63, 3.8) is 0 Å². The lowest BCUT2D eigenvalue weighted by atomic mass is 10.2. The van der Waals surface area contributed by atoms with Gasteiger partial charge < -0.3 is 10.5 Å². The van der Waals surface area contributed by atoms with Crippen molar-refractivity contribution in [1.82, 2.24) is 0 Å². The Labute approximate surface area is 112 Å². The fourth-order valence-corrected chi connectivity index (χ4v) is 1.94. The molecular weight excluding hydrogens is 304 g/mol. The smallest absolute Gasteiger partial charge is 0.141 e. The summed E-state index contributed by atoms with van der Waals surface area (Å²) in [6.45, 7) is 0.0286. The molecule has 0 fully saturated rings. The number of nitrogens with two attached hydrogens (primary N) is 1. The Morgan fingerprint density at radius 3 is 2.56 bits per heavy atom. The predicted molar refractivity (Wildman–Crippen MR) is 68.5 cm³/mol. The lowest BCUT2D eigenvalue weighted by Crippen LogP contribution is -2.02. The molecule has 0 aromatic heterocycles. The number of hydrogen-bond acceptors (Lipinski definition) is 2. The SMILES string of the molecule is NCc1c(F)cccc1Oc1ccc(F)cc1Br. The van der Waals surface area contributed by atoms with Gasteiger partial charge >= 0.3 is 0 Å². The summed E-state index contributed by atoms with van der Waals surface area (Å²) in [5.74, 6) is -0.0812. The molecule has 0 spiro atoms. The Balaban J connectivity index is 2.37. The molecule has 2 aromatic carbocycles. The number of ether oxygens (including phenoxy) is 1. The molecule has 0 amide bonds. The zero-order chi connectivity index (χ0) is 13.1. The molecule has 2 rings (SSSR count). The van der Waals surface area contributed by atoms with Crippen LogP contribution in [0.2, 0.25) is 0 Å². The van der Waals surface area contributed by atoms with Crippen molar-refractivity contribution < 1.29 is 13.5 Å². The predicted octanol–water partition coefficient (Wildman–Crippen LogP) is 3.98. The van der Waals surface area contributed by atoms with E-state index in [0.29, 0.717) is 16.0 Å². The maximum atomic E-state index is 13.5. The first kappa shape index (κ1) is 13.0. The van der Waals surface area contributed by atoms with Crippen molar-refractivity contribution >= 4 is 15.9 Å². The molecule has 0 heterocycles. The largest absolute Gasteiger partial charge is 0.456 e. The lowest BCUT2D eigenvalue weighted by Gasteiger charge is -2.11. The fourth-order valence-electron chi connectivity index (χ4n) is 1.51. The minimum absolute atomic E-state index is 0.0286. The van der Waals surface area contributed by atoms with Crippen LogP contribution in [0.4, 0.5) is 8.78 Å². The van der Waals surface area contributed by atoms with Gasteiger partial charge in [0, 0.05) is 12.1 Å². The van der Waals surface area contributed by atoms with Gasteiger partial charge in [-0.2, -0.15) is 0 Å². The Bertz CT molecular complexity index is 575. The van der Waals surface area contributed by atoms with Gasteiger partial charge in [-0.25, -0.2) is 8.78 Å². The third-order valence-electron chi connectivity index (χ3n) is 2.39. The molecule has 0 saturated carbocycles. The maximum absolute atomic E-state index is 13.5. The molecule has 0 atom stereocenters. The zero-order valence-corrected chi connectivity index (χ0v) is 10.9. The van der Waals surface area contributed by atoms with Crippen LogP contribution >= 0.6 is 15.9 Å². The highest BCUT2D eigenvalue weighted by Crippen LogP contribution is 2.32. The van der Waals surface area contributed by atoms with Crippen LogP contribution in [-0.4, -0.2) is 0 Å². The molecular formula is C13H10BrF2NO. The van der Waals surface area contributed by atoms with E-state index in [1.54, 1.807) is 6.07 Å². The minimum atomic E-state index is -0.423. The molecule has 2 nitrogen and oxygen atoms in total. The van der Waals surface area contributed by atoms with Gasteiger partial charge in [0.05, 0.1) is 4.47 Å². The van der Waals surface area contributed by atoms with Gasteiger partial charge in [0.15, 0.2) is 0 Å². The molecule has 0 aliphatic rings. The van der Waals surface area contributed by atoms with Crippen molar-refractivity contribution in [2.45, 2.75) is 6.54 Å². The molecule has 2 aromatic rings. The van der Waals surface area contributed by atoms with Crippen LogP contribution in [-0.2, 0) is 6.54 Å². The van der Waals surface area contributed by atoms with E-state index in [2.05, 4.69) is 15.9 Å². The molecule has 0 aliphatic heterocycles. The Morgan fingerprint density at radius 1 is 1.11 bits per heavy atom. The van der Waals surface area contributed by atoms with Gasteiger partial charge in [-0.05, 0) is 46.3 Å². The molecule has 94 valence electrons. The summed E-state index contributed by atoms with van der Waals surface area (Å²) < 4.78 is 32.4. The second kappa shape index (κ2) is 5.46. The third kappa shape index (κ3) is 2.68. The summed E-state index contributed by atoms with van der Waals surface area (Å²) in [7, 11) is 0. The van der Waals surface area contributed by atoms with Gasteiger partial charge in [0.1, 0.15) is 23.1 Å². The monoisotopic (exact) mass is 313 g/mol. The van der Waals surface area contributed by atoms with E-state index >= 15 is 0 Å². The average molecular weight is 314 g/mol. The van der Waals surface area contributed by atoms with Crippen LogP contribution in [0.15, 0.2) is 40.9 Å². The molecule has 5 heteroatoms. The number of benzene rings is 2. The van der Waals surface area contributed by atoms with Crippen LogP contribution in [0.5, 0.6) is 11.5 Å². The molecule has 18 heavy (non-hydrogen) atoms. The molecule has 0 radical (unpaired) electrons. The lowest BCUT2D eigenvalue weighted by molar-refractivity contribution is 0.463. The first-order chi connectivity index (χ1) is 8.61. The molecule has 0 aliphatic carbocycles. The van der Waals surface area contributed by atoms with Gasteiger partial charge in [-0.15, -0.1) is 0 Å². The van der Waals surface area contributed by atoms with E-state index in [0.717, 1.165) is 0 Å². The summed E-state index contributed by atoms with van der Waals surface area (Å²) in [5.41, 5.74) is 5.76. The van der Waals surface area contributed by atoms with Gasteiger partial charge in [-0.3, -0.25) is 0 Å². The van der Waals surface area contributed by atoms with Crippen LogP contribution in [0.25, 0.3) is 0 Å². The first-order valence-corrected chi connectivity index (χ1v) is 6.01. The van der Waals surface area contributed by atoms with Crippen LogP contribution in [0.3, 0.4) is 0 Å². The van der Waals surface area contributed by atoms with Crippen molar-refractivity contribution in [3.05, 3.63) is 58.1 Å². The van der Waals surface area contributed by atoms with E-state index in [4.69, 9.17) is 10.5 Å². The third-order valence-corrected chi connectivity index (χ3v) is 3.01. The van der Waals surface area contributed by atoms with Crippen LogP contribution in [0, 0.1) is 11.6 Å². The van der Waals surface area contributed by atoms with Gasteiger partial charge in [0.2, 0.25) is 0 Å². The molecule has 0 unspecified atom stereocenters. The quantitative estimate of drug-likeness (QED) is 0.930.